The molecule has 0 N–H and O–H groups in total. The van der Waals surface area contributed by atoms with Crippen LogP contribution in [0.15, 0.2) is 0 Å². The first-order valence-corrected chi connectivity index (χ1v) is 6.81. The Balaban J connectivity index is 3.24. The van der Waals surface area contributed by atoms with E-state index in [1.165, 1.54) is 58.2 Å². The minimum absolute atomic E-state index is 1.05. The summed E-state index contributed by atoms with van der Waals surface area (Å²) >= 11 is 4.22. The summed E-state index contributed by atoms with van der Waals surface area (Å²) in [4.78, 5) is 2.57. The van der Waals surface area contributed by atoms with E-state index in [1.54, 1.807) is 0 Å². The molecule has 0 fully saturated rings. The van der Waals surface area contributed by atoms with Crippen molar-refractivity contribution in [3.63, 3.8) is 0 Å². The predicted molar refractivity (Wildman–Crippen MR) is 69.3 cm³/mol. The minimum Gasteiger partial charge on any atom is -0.304 e. The van der Waals surface area contributed by atoms with Crippen LogP contribution < -0.4 is 0 Å². The van der Waals surface area contributed by atoms with Crippen molar-refractivity contribution in [3.8, 4) is 0 Å². The molecular weight excluding hydrogens is 190 g/mol. The standard InChI is InChI=1S/C12H27NS/c1-3-5-10-13(4-2)11-8-6-7-9-12-14/h14H,3-12H2,1-2H3. The monoisotopic (exact) mass is 217 g/mol. The topological polar surface area (TPSA) is 3.24 Å². The predicted octanol–water partition coefficient (Wildman–Crippen LogP) is 3.60. The van der Waals surface area contributed by atoms with Crippen LogP contribution in [0.4, 0.5) is 0 Å². The van der Waals surface area contributed by atoms with Gasteiger partial charge in [-0.1, -0.05) is 33.1 Å². The Kier molecular flexibility index (Phi) is 11.6. The van der Waals surface area contributed by atoms with E-state index in [9.17, 15) is 0 Å². The van der Waals surface area contributed by atoms with E-state index in [0.29, 0.717) is 0 Å². The quantitative estimate of drug-likeness (QED) is 0.432. The van der Waals surface area contributed by atoms with Crippen LogP contribution in [0, 0.1) is 0 Å². The van der Waals surface area contributed by atoms with Crippen molar-refractivity contribution in [3.05, 3.63) is 0 Å². The van der Waals surface area contributed by atoms with Crippen LogP contribution >= 0.6 is 12.6 Å². The zero-order valence-corrected chi connectivity index (χ0v) is 10.9. The van der Waals surface area contributed by atoms with Crippen molar-refractivity contribution in [1.29, 1.82) is 0 Å². The molecule has 0 aliphatic carbocycles. The van der Waals surface area contributed by atoms with Gasteiger partial charge in [0.1, 0.15) is 0 Å². The number of thiol groups is 1. The summed E-state index contributed by atoms with van der Waals surface area (Å²) in [6.07, 6.45) is 8.05. The summed E-state index contributed by atoms with van der Waals surface area (Å²) in [7, 11) is 0. The van der Waals surface area contributed by atoms with Crippen molar-refractivity contribution in [2.45, 2.75) is 52.4 Å². The van der Waals surface area contributed by atoms with Crippen LogP contribution in [0.25, 0.3) is 0 Å². The van der Waals surface area contributed by atoms with Gasteiger partial charge in [0.05, 0.1) is 0 Å². The smallest absolute Gasteiger partial charge is 0.00189 e. The number of rotatable bonds is 10. The van der Waals surface area contributed by atoms with Crippen LogP contribution in [0.3, 0.4) is 0 Å². The van der Waals surface area contributed by atoms with Gasteiger partial charge < -0.3 is 4.90 Å². The van der Waals surface area contributed by atoms with E-state index in [4.69, 9.17) is 0 Å². The third-order valence-electron chi connectivity index (χ3n) is 2.66. The van der Waals surface area contributed by atoms with Crippen LogP contribution in [-0.2, 0) is 0 Å². The molecule has 0 bridgehead atoms. The Hall–Kier alpha value is 0.310. The molecule has 0 radical (unpaired) electrons. The molecule has 86 valence electrons. The normalized spacial score (nSPS) is 11.1. The number of unbranched alkanes of at least 4 members (excludes halogenated alkanes) is 4. The van der Waals surface area contributed by atoms with Crippen molar-refractivity contribution in [1.82, 2.24) is 4.90 Å². The van der Waals surface area contributed by atoms with Gasteiger partial charge in [0.15, 0.2) is 0 Å². The Morgan fingerprint density at radius 2 is 1.50 bits per heavy atom. The molecule has 0 saturated carbocycles. The molecule has 0 saturated heterocycles. The number of hydrogen-bond acceptors (Lipinski definition) is 2. The van der Waals surface area contributed by atoms with Gasteiger partial charge in [-0.15, -0.1) is 0 Å². The highest BCUT2D eigenvalue weighted by Gasteiger charge is 2.00. The largest absolute Gasteiger partial charge is 0.304 e. The average molecular weight is 217 g/mol. The summed E-state index contributed by atoms with van der Waals surface area (Å²) < 4.78 is 0. The van der Waals surface area contributed by atoms with Crippen molar-refractivity contribution in [2.24, 2.45) is 0 Å². The van der Waals surface area contributed by atoms with Gasteiger partial charge >= 0.3 is 0 Å². The van der Waals surface area contributed by atoms with E-state index in [1.807, 2.05) is 0 Å². The van der Waals surface area contributed by atoms with E-state index in [0.717, 1.165) is 5.75 Å². The van der Waals surface area contributed by atoms with Crippen LogP contribution in [0.5, 0.6) is 0 Å². The summed E-state index contributed by atoms with van der Waals surface area (Å²) in [5.74, 6) is 1.05. The molecule has 0 aliphatic rings. The molecule has 0 amide bonds. The first-order chi connectivity index (χ1) is 6.85. The molecule has 0 aromatic rings. The first-order valence-electron chi connectivity index (χ1n) is 6.18. The summed E-state index contributed by atoms with van der Waals surface area (Å²) in [5.41, 5.74) is 0. The minimum atomic E-state index is 1.05. The molecule has 14 heavy (non-hydrogen) atoms. The fourth-order valence-corrected chi connectivity index (χ4v) is 1.83. The number of hydrogen-bond donors (Lipinski definition) is 1. The van der Waals surface area contributed by atoms with E-state index in [-0.39, 0.29) is 0 Å². The van der Waals surface area contributed by atoms with Gasteiger partial charge in [0, 0.05) is 0 Å². The zero-order valence-electron chi connectivity index (χ0n) is 9.97. The summed E-state index contributed by atoms with van der Waals surface area (Å²) in [6.45, 7) is 8.33. The van der Waals surface area contributed by atoms with Crippen molar-refractivity contribution < 1.29 is 0 Å². The summed E-state index contributed by atoms with van der Waals surface area (Å²) in [6, 6.07) is 0. The third kappa shape index (κ3) is 8.89. The second kappa shape index (κ2) is 11.4. The maximum Gasteiger partial charge on any atom is -0.00189 e. The number of nitrogens with zero attached hydrogens (tertiary/aromatic N) is 1. The molecule has 2 heteroatoms. The lowest BCUT2D eigenvalue weighted by molar-refractivity contribution is 0.276. The SMILES string of the molecule is CCCCN(CC)CCCCCCS. The molecular formula is C12H27NS. The second-order valence-corrected chi connectivity index (χ2v) is 4.37. The molecule has 1 nitrogen and oxygen atoms in total. The fourth-order valence-electron chi connectivity index (χ4n) is 1.61. The fraction of sp³-hybridized carbons (Fsp3) is 1.00. The van der Waals surface area contributed by atoms with Crippen LogP contribution in [0.2, 0.25) is 0 Å². The Morgan fingerprint density at radius 1 is 0.857 bits per heavy atom. The summed E-state index contributed by atoms with van der Waals surface area (Å²) in [5, 5.41) is 0. The molecule has 0 aromatic heterocycles. The molecule has 0 unspecified atom stereocenters. The van der Waals surface area contributed by atoms with Crippen molar-refractivity contribution >= 4 is 12.6 Å². The van der Waals surface area contributed by atoms with Gasteiger partial charge in [-0.05, 0) is 44.6 Å². The highest BCUT2D eigenvalue weighted by Crippen LogP contribution is 2.03. The van der Waals surface area contributed by atoms with Gasteiger partial charge in [0.25, 0.3) is 0 Å². The van der Waals surface area contributed by atoms with Crippen molar-refractivity contribution in [2.75, 3.05) is 25.4 Å². The first kappa shape index (κ1) is 14.3. The molecule has 0 atom stereocenters. The lowest BCUT2D eigenvalue weighted by Gasteiger charge is -2.19. The molecule has 0 rings (SSSR count). The maximum absolute atomic E-state index is 4.22. The van der Waals surface area contributed by atoms with Gasteiger partial charge in [-0.25, -0.2) is 0 Å². The zero-order chi connectivity index (χ0) is 10.6. The lowest BCUT2D eigenvalue weighted by atomic mass is 10.2. The molecule has 0 spiro atoms. The Morgan fingerprint density at radius 3 is 2.07 bits per heavy atom. The highest BCUT2D eigenvalue weighted by atomic mass is 32.1. The Bertz CT molecular complexity index is 106. The third-order valence-corrected chi connectivity index (χ3v) is 2.97. The van der Waals surface area contributed by atoms with Gasteiger partial charge in [-0.2, -0.15) is 12.6 Å². The second-order valence-electron chi connectivity index (χ2n) is 3.93. The molecule has 0 heterocycles. The van der Waals surface area contributed by atoms with Gasteiger partial charge in [-0.3, -0.25) is 0 Å². The van der Waals surface area contributed by atoms with E-state index >= 15 is 0 Å². The maximum atomic E-state index is 4.22. The average Bonchev–Trinajstić information content (AvgIpc) is 2.22. The highest BCUT2D eigenvalue weighted by molar-refractivity contribution is 7.80. The van der Waals surface area contributed by atoms with Gasteiger partial charge in [0.2, 0.25) is 0 Å². The lowest BCUT2D eigenvalue weighted by Crippen LogP contribution is -2.25. The van der Waals surface area contributed by atoms with E-state index < -0.39 is 0 Å². The van der Waals surface area contributed by atoms with Crippen LogP contribution in [0.1, 0.15) is 52.4 Å². The molecule has 0 aliphatic heterocycles. The Labute approximate surface area is 95.7 Å². The van der Waals surface area contributed by atoms with Crippen LogP contribution in [-0.4, -0.2) is 30.3 Å². The van der Waals surface area contributed by atoms with E-state index in [2.05, 4.69) is 31.4 Å². The molecule has 0 aromatic carbocycles.